The normalized spacial score (nSPS) is 24.5. The van der Waals surface area contributed by atoms with Gasteiger partial charge in [0.05, 0.1) is 0 Å². The molecule has 4 nitrogen and oxygen atoms in total. The van der Waals surface area contributed by atoms with E-state index in [-0.39, 0.29) is 6.09 Å². The molecule has 86 valence electrons. The minimum atomic E-state index is -0.512. The zero-order chi connectivity index (χ0) is 10.7. The number of carbonyl (C=O) groups excluding carboxylic acids is 1. The van der Waals surface area contributed by atoms with Gasteiger partial charge in [0, 0.05) is 13.1 Å². The summed E-state index contributed by atoms with van der Waals surface area (Å²) < 4.78 is 4.63. The van der Waals surface area contributed by atoms with Gasteiger partial charge in [-0.2, -0.15) is 0 Å². The van der Waals surface area contributed by atoms with Crippen LogP contribution in [0.2, 0.25) is 0 Å². The minimum absolute atomic E-state index is 0.358. The predicted octanol–water partition coefficient (Wildman–Crippen LogP) is 1.73. The predicted molar refractivity (Wildman–Crippen MR) is 55.3 cm³/mol. The Hall–Kier alpha value is -0.770. The number of aliphatic hydroxyl groups excluding tert-OH is 1. The third-order valence-electron chi connectivity index (χ3n) is 3.77. The molecule has 0 unspecified atom stereocenters. The van der Waals surface area contributed by atoms with E-state index in [4.69, 9.17) is 5.11 Å². The smallest absolute Gasteiger partial charge is 0.411 e. The van der Waals surface area contributed by atoms with Gasteiger partial charge in [0.2, 0.25) is 0 Å². The molecule has 15 heavy (non-hydrogen) atoms. The zero-order valence-corrected chi connectivity index (χ0v) is 9.07. The number of piperidine rings is 1. The van der Waals surface area contributed by atoms with Gasteiger partial charge in [-0.25, -0.2) is 4.79 Å². The number of aliphatic hydroxyl groups is 1. The van der Waals surface area contributed by atoms with Crippen LogP contribution in [-0.2, 0) is 4.74 Å². The van der Waals surface area contributed by atoms with Crippen LogP contribution in [0.5, 0.6) is 0 Å². The molecule has 0 radical (unpaired) electrons. The average Bonchev–Trinajstić information content (AvgIpc) is 2.67. The fourth-order valence-electron chi connectivity index (χ4n) is 3.04. The van der Waals surface area contributed by atoms with E-state index < -0.39 is 6.79 Å². The Balaban J connectivity index is 1.94. The molecular formula is C11H19NO3. The highest BCUT2D eigenvalue weighted by Crippen LogP contribution is 2.44. The van der Waals surface area contributed by atoms with Crippen molar-refractivity contribution < 1.29 is 14.6 Å². The molecule has 1 aliphatic heterocycles. The molecule has 1 saturated heterocycles. The van der Waals surface area contributed by atoms with E-state index in [1.54, 1.807) is 4.90 Å². The van der Waals surface area contributed by atoms with Crippen molar-refractivity contribution in [1.29, 1.82) is 0 Å². The second-order valence-electron chi connectivity index (χ2n) is 4.77. The van der Waals surface area contributed by atoms with Gasteiger partial charge >= 0.3 is 6.09 Å². The van der Waals surface area contributed by atoms with Crippen molar-refractivity contribution in [3.05, 3.63) is 0 Å². The first-order chi connectivity index (χ1) is 7.26. The summed E-state index contributed by atoms with van der Waals surface area (Å²) in [6.07, 6.45) is 7.04. The summed E-state index contributed by atoms with van der Waals surface area (Å²) in [5, 5.41) is 8.55. The first-order valence-corrected chi connectivity index (χ1v) is 5.78. The number of carbonyl (C=O) groups is 1. The van der Waals surface area contributed by atoms with Gasteiger partial charge in [0.1, 0.15) is 0 Å². The molecule has 2 fully saturated rings. The van der Waals surface area contributed by atoms with E-state index in [0.29, 0.717) is 5.41 Å². The first-order valence-electron chi connectivity index (χ1n) is 5.78. The number of likely N-dealkylation sites (tertiary alicyclic amines) is 1. The molecule has 0 aromatic rings. The van der Waals surface area contributed by atoms with E-state index in [1.165, 1.54) is 32.1 Å². The summed E-state index contributed by atoms with van der Waals surface area (Å²) >= 11 is 0. The Morgan fingerprint density at radius 3 is 2.60 bits per heavy atom. The molecule has 4 heteroatoms. The lowest BCUT2D eigenvalue weighted by Crippen LogP contribution is -2.45. The van der Waals surface area contributed by atoms with E-state index in [2.05, 4.69) is 4.74 Å². The van der Waals surface area contributed by atoms with Crippen LogP contribution in [0, 0.1) is 5.41 Å². The fraction of sp³-hybridized carbons (Fsp3) is 0.909. The lowest BCUT2D eigenvalue weighted by atomic mass is 9.78. The SMILES string of the molecule is O=C(OCO)N1CCCC2(CCCC2)C1. The van der Waals surface area contributed by atoms with E-state index in [0.717, 1.165) is 19.5 Å². The van der Waals surface area contributed by atoms with Crippen LogP contribution < -0.4 is 0 Å². The number of amides is 1. The highest BCUT2D eigenvalue weighted by atomic mass is 16.6. The highest BCUT2D eigenvalue weighted by Gasteiger charge is 2.39. The minimum Gasteiger partial charge on any atom is -0.422 e. The van der Waals surface area contributed by atoms with Gasteiger partial charge in [-0.15, -0.1) is 0 Å². The molecule has 1 N–H and O–H groups in total. The average molecular weight is 213 g/mol. The molecule has 2 rings (SSSR count). The quantitative estimate of drug-likeness (QED) is 0.675. The van der Waals surface area contributed by atoms with Gasteiger partial charge in [-0.3, -0.25) is 0 Å². The Labute approximate surface area is 90.2 Å². The fourth-order valence-corrected chi connectivity index (χ4v) is 3.04. The molecule has 0 bridgehead atoms. The summed E-state index contributed by atoms with van der Waals surface area (Å²) in [5.41, 5.74) is 0.368. The second-order valence-corrected chi connectivity index (χ2v) is 4.77. The maximum atomic E-state index is 11.5. The van der Waals surface area contributed by atoms with Crippen molar-refractivity contribution in [3.8, 4) is 0 Å². The van der Waals surface area contributed by atoms with Crippen molar-refractivity contribution in [3.63, 3.8) is 0 Å². The molecule has 1 heterocycles. The molecule has 2 aliphatic rings. The van der Waals surface area contributed by atoms with Crippen LogP contribution in [0.4, 0.5) is 4.79 Å². The largest absolute Gasteiger partial charge is 0.422 e. The number of hydrogen-bond donors (Lipinski definition) is 1. The Bertz CT molecular complexity index is 236. The van der Waals surface area contributed by atoms with Crippen LogP contribution in [0.3, 0.4) is 0 Å². The molecule has 1 amide bonds. The van der Waals surface area contributed by atoms with Crippen LogP contribution in [-0.4, -0.2) is 36.0 Å². The van der Waals surface area contributed by atoms with E-state index >= 15 is 0 Å². The van der Waals surface area contributed by atoms with E-state index in [1.807, 2.05) is 0 Å². The van der Waals surface area contributed by atoms with Gasteiger partial charge in [0.25, 0.3) is 0 Å². The topological polar surface area (TPSA) is 49.8 Å². The maximum absolute atomic E-state index is 11.5. The number of hydrogen-bond acceptors (Lipinski definition) is 3. The monoisotopic (exact) mass is 213 g/mol. The maximum Gasteiger partial charge on any atom is 0.411 e. The zero-order valence-electron chi connectivity index (χ0n) is 9.07. The second kappa shape index (κ2) is 4.39. The van der Waals surface area contributed by atoms with Gasteiger partial charge in [-0.1, -0.05) is 12.8 Å². The lowest BCUT2D eigenvalue weighted by Gasteiger charge is -2.39. The number of ether oxygens (including phenoxy) is 1. The summed E-state index contributed by atoms with van der Waals surface area (Å²) in [7, 11) is 0. The third kappa shape index (κ3) is 2.25. The Kier molecular flexibility index (Phi) is 3.14. The molecule has 0 aromatic carbocycles. The summed E-state index contributed by atoms with van der Waals surface area (Å²) in [6, 6.07) is 0. The third-order valence-corrected chi connectivity index (χ3v) is 3.77. The van der Waals surface area contributed by atoms with Crippen molar-refractivity contribution in [2.75, 3.05) is 19.9 Å². The van der Waals surface area contributed by atoms with Crippen LogP contribution >= 0.6 is 0 Å². The Morgan fingerprint density at radius 2 is 1.93 bits per heavy atom. The van der Waals surface area contributed by atoms with Crippen LogP contribution in [0.25, 0.3) is 0 Å². The molecule has 1 aliphatic carbocycles. The van der Waals surface area contributed by atoms with Crippen LogP contribution in [0.15, 0.2) is 0 Å². The summed E-state index contributed by atoms with van der Waals surface area (Å²) in [6.45, 7) is 1.09. The molecule has 0 aromatic heterocycles. The van der Waals surface area contributed by atoms with Gasteiger partial charge in [0.15, 0.2) is 6.79 Å². The van der Waals surface area contributed by atoms with Crippen LogP contribution in [0.1, 0.15) is 38.5 Å². The number of rotatable bonds is 1. The highest BCUT2D eigenvalue weighted by molar-refractivity contribution is 5.67. The molecule has 1 saturated carbocycles. The van der Waals surface area contributed by atoms with E-state index in [9.17, 15) is 4.79 Å². The van der Waals surface area contributed by atoms with Crippen molar-refractivity contribution in [1.82, 2.24) is 4.90 Å². The lowest BCUT2D eigenvalue weighted by molar-refractivity contribution is 0.00509. The summed E-state index contributed by atoms with van der Waals surface area (Å²) in [4.78, 5) is 13.2. The van der Waals surface area contributed by atoms with Gasteiger partial charge in [-0.05, 0) is 31.1 Å². The Morgan fingerprint density at radius 1 is 1.27 bits per heavy atom. The summed E-state index contributed by atoms with van der Waals surface area (Å²) in [5.74, 6) is 0. The first kappa shape index (κ1) is 10.7. The van der Waals surface area contributed by atoms with Gasteiger partial charge < -0.3 is 14.7 Å². The molecule has 0 atom stereocenters. The standard InChI is InChI=1S/C11H19NO3/c13-9-15-10(14)12-7-3-6-11(8-12)4-1-2-5-11/h13H,1-9H2. The molecule has 1 spiro atoms. The molecular weight excluding hydrogens is 194 g/mol. The van der Waals surface area contributed by atoms with Crippen molar-refractivity contribution in [2.45, 2.75) is 38.5 Å². The number of nitrogens with zero attached hydrogens (tertiary/aromatic N) is 1. The van der Waals surface area contributed by atoms with Crippen molar-refractivity contribution in [2.24, 2.45) is 5.41 Å². The van der Waals surface area contributed by atoms with Crippen molar-refractivity contribution >= 4 is 6.09 Å².